The van der Waals surface area contributed by atoms with Gasteiger partial charge in [0.25, 0.3) is 5.91 Å². The van der Waals surface area contributed by atoms with Crippen LogP contribution in [0.2, 0.25) is 0 Å². The summed E-state index contributed by atoms with van der Waals surface area (Å²) in [5.41, 5.74) is 0.363. The molecule has 0 aromatic rings. The minimum atomic E-state index is -0.762. The Bertz CT molecular complexity index is 521. The summed E-state index contributed by atoms with van der Waals surface area (Å²) in [6.45, 7) is 9.64. The number of ether oxygens (including phenoxy) is 1. The highest BCUT2D eigenvalue weighted by molar-refractivity contribution is 5.97. The second-order valence-corrected chi connectivity index (χ2v) is 5.52. The fraction of sp³-hybridized carbons (Fsp3) is 0.562. The van der Waals surface area contributed by atoms with Crippen molar-refractivity contribution in [3.8, 4) is 6.07 Å². The average molecular weight is 305 g/mol. The van der Waals surface area contributed by atoms with Crippen molar-refractivity contribution in [2.45, 2.75) is 52.7 Å². The Morgan fingerprint density at radius 3 is 2.41 bits per heavy atom. The molecule has 1 atom stereocenters. The lowest BCUT2D eigenvalue weighted by Crippen LogP contribution is -2.44. The molecule has 0 N–H and O–H groups in total. The number of hydrogen-bond donors (Lipinski definition) is 0. The van der Waals surface area contributed by atoms with Crippen molar-refractivity contribution in [2.24, 2.45) is 0 Å². The summed E-state index contributed by atoms with van der Waals surface area (Å²) in [5, 5.41) is 9.11. The molecule has 0 aliphatic carbocycles. The molecule has 1 aliphatic rings. The van der Waals surface area contributed by atoms with Crippen LogP contribution in [0.15, 0.2) is 23.9 Å². The van der Waals surface area contributed by atoms with E-state index in [2.05, 4.69) is 0 Å². The maximum absolute atomic E-state index is 12.6. The second-order valence-electron chi connectivity index (χ2n) is 5.52. The molecular formula is C16H23N3O3. The molecule has 120 valence electrons. The summed E-state index contributed by atoms with van der Waals surface area (Å²) in [6.07, 6.45) is 3.88. The molecule has 1 unspecified atom stereocenters. The van der Waals surface area contributed by atoms with Gasteiger partial charge < -0.3 is 9.64 Å². The van der Waals surface area contributed by atoms with Gasteiger partial charge in [-0.2, -0.15) is 5.26 Å². The summed E-state index contributed by atoms with van der Waals surface area (Å²) in [6, 6.07) is 1.30. The van der Waals surface area contributed by atoms with E-state index in [1.807, 2.05) is 33.8 Å². The molecule has 6 nitrogen and oxygen atoms in total. The van der Waals surface area contributed by atoms with Crippen LogP contribution in [0.5, 0.6) is 0 Å². The number of carbonyl (C=O) groups excluding carboxylic acids is 2. The first-order valence-corrected chi connectivity index (χ1v) is 7.40. The van der Waals surface area contributed by atoms with Crippen molar-refractivity contribution in [1.29, 1.82) is 5.26 Å². The van der Waals surface area contributed by atoms with Gasteiger partial charge in [0, 0.05) is 18.3 Å². The van der Waals surface area contributed by atoms with Gasteiger partial charge in [0.15, 0.2) is 0 Å². The highest BCUT2D eigenvalue weighted by Gasteiger charge is 2.29. The quantitative estimate of drug-likeness (QED) is 0.799. The Balaban J connectivity index is 3.09. The maximum atomic E-state index is 12.6. The van der Waals surface area contributed by atoms with Crippen molar-refractivity contribution < 1.29 is 14.3 Å². The second kappa shape index (κ2) is 7.64. The Kier molecular flexibility index (Phi) is 6.17. The third-order valence-corrected chi connectivity index (χ3v) is 3.24. The molecule has 22 heavy (non-hydrogen) atoms. The molecule has 0 aromatic heterocycles. The molecule has 6 heteroatoms. The van der Waals surface area contributed by atoms with E-state index < -0.39 is 12.1 Å². The normalized spacial score (nSPS) is 17.3. The number of hydrogen-bond acceptors (Lipinski definition) is 4. The summed E-state index contributed by atoms with van der Waals surface area (Å²) in [7, 11) is 0. The fourth-order valence-electron chi connectivity index (χ4n) is 2.37. The van der Waals surface area contributed by atoms with Gasteiger partial charge in [0.1, 0.15) is 6.04 Å². The van der Waals surface area contributed by atoms with Gasteiger partial charge in [-0.1, -0.05) is 0 Å². The predicted octanol–water partition coefficient (Wildman–Crippen LogP) is 2.44. The molecule has 0 spiro atoms. The van der Waals surface area contributed by atoms with Crippen LogP contribution in [-0.2, 0) is 9.53 Å². The molecule has 1 aliphatic heterocycles. The van der Waals surface area contributed by atoms with E-state index in [1.165, 1.54) is 12.3 Å². The summed E-state index contributed by atoms with van der Waals surface area (Å²) < 4.78 is 4.93. The first-order chi connectivity index (χ1) is 10.3. The minimum Gasteiger partial charge on any atom is -0.449 e. The van der Waals surface area contributed by atoms with E-state index in [0.717, 1.165) is 4.90 Å². The molecule has 2 amide bonds. The Labute approximate surface area is 131 Å². The van der Waals surface area contributed by atoms with Crippen LogP contribution in [0, 0.1) is 11.3 Å². The number of nitrogens with zero attached hydrogens (tertiary/aromatic N) is 3. The fourth-order valence-corrected chi connectivity index (χ4v) is 2.37. The van der Waals surface area contributed by atoms with E-state index in [4.69, 9.17) is 10.00 Å². The molecule has 1 heterocycles. The van der Waals surface area contributed by atoms with Gasteiger partial charge in [0.2, 0.25) is 0 Å². The highest BCUT2D eigenvalue weighted by atomic mass is 16.6. The van der Waals surface area contributed by atoms with Crippen molar-refractivity contribution in [1.82, 2.24) is 9.80 Å². The van der Waals surface area contributed by atoms with E-state index >= 15 is 0 Å². The summed E-state index contributed by atoms with van der Waals surface area (Å²) in [5.74, 6) is -0.174. The third-order valence-electron chi connectivity index (χ3n) is 3.24. The summed E-state index contributed by atoms with van der Waals surface area (Å²) in [4.78, 5) is 27.4. The molecule has 0 radical (unpaired) electrons. The van der Waals surface area contributed by atoms with Crippen LogP contribution in [0.25, 0.3) is 0 Å². The monoisotopic (exact) mass is 305 g/mol. The number of rotatable bonds is 4. The van der Waals surface area contributed by atoms with Crippen LogP contribution >= 0.6 is 0 Å². The SMILES string of the molecule is CCOC(=O)N1C=C(C(=O)N(C(C)C)C(C)C)C=CC1C#N. The molecule has 0 saturated heterocycles. The van der Waals surface area contributed by atoms with Crippen LogP contribution in [0.4, 0.5) is 4.79 Å². The molecule has 0 bridgehead atoms. The van der Waals surface area contributed by atoms with Crippen molar-refractivity contribution in [3.63, 3.8) is 0 Å². The third kappa shape index (κ3) is 3.88. The van der Waals surface area contributed by atoms with Crippen LogP contribution in [-0.4, -0.2) is 46.5 Å². The van der Waals surface area contributed by atoms with Gasteiger partial charge in [-0.25, -0.2) is 4.79 Å². The largest absolute Gasteiger partial charge is 0.449 e. The number of amides is 2. The number of nitriles is 1. The standard InChI is InChI=1S/C16H23N3O3/c1-6-22-16(21)18-10-13(7-8-14(18)9-17)15(20)19(11(2)3)12(4)5/h7-8,10-12,14H,6H2,1-5H3. The first-order valence-electron chi connectivity index (χ1n) is 7.40. The molecule has 1 rings (SSSR count). The zero-order valence-electron chi connectivity index (χ0n) is 13.7. The van der Waals surface area contributed by atoms with Crippen LogP contribution < -0.4 is 0 Å². The first kappa shape index (κ1) is 17.8. The average Bonchev–Trinajstić information content (AvgIpc) is 2.45. The molecule has 0 saturated carbocycles. The van der Waals surface area contributed by atoms with Gasteiger partial charge in [-0.15, -0.1) is 0 Å². The topological polar surface area (TPSA) is 73.6 Å². The van der Waals surface area contributed by atoms with Crippen molar-refractivity contribution >= 4 is 12.0 Å². The van der Waals surface area contributed by atoms with Gasteiger partial charge >= 0.3 is 6.09 Å². The predicted molar refractivity (Wildman–Crippen MR) is 82.6 cm³/mol. The van der Waals surface area contributed by atoms with E-state index in [0.29, 0.717) is 5.57 Å². The lowest BCUT2D eigenvalue weighted by atomic mass is 10.1. The molecule has 0 fully saturated rings. The zero-order valence-corrected chi connectivity index (χ0v) is 13.7. The number of carbonyl (C=O) groups is 2. The van der Waals surface area contributed by atoms with Crippen LogP contribution in [0.1, 0.15) is 34.6 Å². The lowest BCUT2D eigenvalue weighted by Gasteiger charge is -2.32. The van der Waals surface area contributed by atoms with Crippen molar-refractivity contribution in [2.75, 3.05) is 6.61 Å². The Hall–Kier alpha value is -2.29. The zero-order chi connectivity index (χ0) is 16.9. The smallest absolute Gasteiger partial charge is 0.415 e. The van der Waals surface area contributed by atoms with E-state index in [9.17, 15) is 9.59 Å². The Morgan fingerprint density at radius 2 is 1.95 bits per heavy atom. The van der Waals surface area contributed by atoms with E-state index in [-0.39, 0.29) is 24.6 Å². The lowest BCUT2D eigenvalue weighted by molar-refractivity contribution is -0.130. The molecule has 0 aromatic carbocycles. The molecular weight excluding hydrogens is 282 g/mol. The maximum Gasteiger partial charge on any atom is 0.415 e. The van der Waals surface area contributed by atoms with E-state index in [1.54, 1.807) is 17.9 Å². The minimum absolute atomic E-state index is 0.0338. The van der Waals surface area contributed by atoms with Crippen molar-refractivity contribution in [3.05, 3.63) is 23.9 Å². The van der Waals surface area contributed by atoms with Crippen LogP contribution in [0.3, 0.4) is 0 Å². The highest BCUT2D eigenvalue weighted by Crippen LogP contribution is 2.19. The summed E-state index contributed by atoms with van der Waals surface area (Å²) >= 11 is 0. The Morgan fingerprint density at radius 1 is 1.36 bits per heavy atom. The van der Waals surface area contributed by atoms with Gasteiger partial charge in [-0.3, -0.25) is 9.69 Å². The van der Waals surface area contributed by atoms with Gasteiger partial charge in [-0.05, 0) is 46.8 Å². The van der Waals surface area contributed by atoms with Gasteiger partial charge in [0.05, 0.1) is 18.2 Å².